The fourth-order valence-electron chi connectivity index (χ4n) is 1.79. The van der Waals surface area contributed by atoms with Crippen LogP contribution in [0.15, 0.2) is 47.2 Å². The molecule has 0 aliphatic heterocycles. The van der Waals surface area contributed by atoms with Gasteiger partial charge < -0.3 is 9.64 Å². The first-order valence-corrected chi connectivity index (χ1v) is 6.43. The number of benzene rings is 1. The summed E-state index contributed by atoms with van der Waals surface area (Å²) < 4.78 is 6.33. The fourth-order valence-corrected chi connectivity index (χ4v) is 2.14. The molecule has 0 amide bonds. The van der Waals surface area contributed by atoms with Gasteiger partial charge in [-0.3, -0.25) is 4.98 Å². The summed E-state index contributed by atoms with van der Waals surface area (Å²) in [5.74, 6) is 0.910. The van der Waals surface area contributed by atoms with Crippen molar-refractivity contribution in [3.8, 4) is 5.75 Å². The van der Waals surface area contributed by atoms with Crippen molar-refractivity contribution in [1.82, 2.24) is 4.98 Å². The number of nitrogens with zero attached hydrogens (tertiary/aromatic N) is 2. The van der Waals surface area contributed by atoms with Crippen LogP contribution in [-0.2, 0) is 6.54 Å². The number of aromatic nitrogens is 1. The minimum Gasteiger partial charge on any atom is -0.496 e. The maximum absolute atomic E-state index is 5.35. The van der Waals surface area contributed by atoms with Gasteiger partial charge in [0.2, 0.25) is 0 Å². The van der Waals surface area contributed by atoms with E-state index in [0.29, 0.717) is 0 Å². The van der Waals surface area contributed by atoms with Crippen molar-refractivity contribution in [3.05, 3.63) is 52.8 Å². The number of methoxy groups -OCH3 is 1. The van der Waals surface area contributed by atoms with Crippen LogP contribution < -0.4 is 9.64 Å². The van der Waals surface area contributed by atoms with Crippen molar-refractivity contribution in [2.45, 2.75) is 6.54 Å². The molecule has 0 unspecified atom stereocenters. The lowest BCUT2D eigenvalue weighted by Crippen LogP contribution is -2.17. The van der Waals surface area contributed by atoms with Crippen LogP contribution in [0.5, 0.6) is 5.75 Å². The number of hydrogen-bond acceptors (Lipinski definition) is 3. The molecule has 3 nitrogen and oxygen atoms in total. The molecule has 4 heteroatoms. The predicted molar refractivity (Wildman–Crippen MR) is 77.0 cm³/mol. The van der Waals surface area contributed by atoms with E-state index >= 15 is 0 Å². The van der Waals surface area contributed by atoms with Gasteiger partial charge in [-0.05, 0) is 28.1 Å². The summed E-state index contributed by atoms with van der Waals surface area (Å²) in [7, 11) is 3.73. The third kappa shape index (κ3) is 3.01. The molecule has 0 fully saturated rings. The van der Waals surface area contributed by atoms with Crippen LogP contribution in [0.3, 0.4) is 0 Å². The molecule has 0 bridgehead atoms. The SMILES string of the molecule is COc1ccccc1CN(C)c1cncc(Br)c1. The van der Waals surface area contributed by atoms with Crippen molar-refractivity contribution in [3.63, 3.8) is 0 Å². The second-order valence-corrected chi connectivity index (χ2v) is 4.94. The molecular weight excluding hydrogens is 292 g/mol. The Balaban J connectivity index is 2.18. The molecule has 1 aromatic carbocycles. The molecule has 1 aromatic heterocycles. The van der Waals surface area contributed by atoms with E-state index in [9.17, 15) is 0 Å². The number of pyridine rings is 1. The molecule has 0 N–H and O–H groups in total. The molecule has 2 aromatic rings. The molecule has 0 spiro atoms. The van der Waals surface area contributed by atoms with E-state index in [4.69, 9.17) is 4.74 Å². The Morgan fingerprint density at radius 1 is 1.28 bits per heavy atom. The molecule has 1 heterocycles. The van der Waals surface area contributed by atoms with Gasteiger partial charge >= 0.3 is 0 Å². The van der Waals surface area contributed by atoms with Gasteiger partial charge in [0.15, 0.2) is 0 Å². The van der Waals surface area contributed by atoms with Gasteiger partial charge in [0.25, 0.3) is 0 Å². The van der Waals surface area contributed by atoms with Crippen LogP contribution >= 0.6 is 15.9 Å². The maximum Gasteiger partial charge on any atom is 0.123 e. The zero-order valence-corrected chi connectivity index (χ0v) is 12.0. The van der Waals surface area contributed by atoms with Crippen molar-refractivity contribution >= 4 is 21.6 Å². The molecular formula is C14H15BrN2O. The van der Waals surface area contributed by atoms with Crippen LogP contribution in [0.2, 0.25) is 0 Å². The van der Waals surface area contributed by atoms with E-state index < -0.39 is 0 Å². The van der Waals surface area contributed by atoms with Gasteiger partial charge in [0, 0.05) is 29.8 Å². The maximum atomic E-state index is 5.35. The Bertz CT molecular complexity index is 531. The average molecular weight is 307 g/mol. The quantitative estimate of drug-likeness (QED) is 0.864. The van der Waals surface area contributed by atoms with E-state index in [1.165, 1.54) is 0 Å². The lowest BCUT2D eigenvalue weighted by Gasteiger charge is -2.20. The van der Waals surface area contributed by atoms with E-state index in [-0.39, 0.29) is 0 Å². The van der Waals surface area contributed by atoms with Crippen LogP contribution in [0.1, 0.15) is 5.56 Å². The Kier molecular flexibility index (Phi) is 4.20. The first-order chi connectivity index (χ1) is 8.70. The molecule has 0 aliphatic carbocycles. The highest BCUT2D eigenvalue weighted by Gasteiger charge is 2.07. The van der Waals surface area contributed by atoms with Crippen LogP contribution in [0.4, 0.5) is 5.69 Å². The molecule has 0 saturated carbocycles. The largest absolute Gasteiger partial charge is 0.496 e. The van der Waals surface area contributed by atoms with Crippen LogP contribution in [0.25, 0.3) is 0 Å². The van der Waals surface area contributed by atoms with Crippen molar-refractivity contribution < 1.29 is 4.74 Å². The van der Waals surface area contributed by atoms with E-state index in [0.717, 1.165) is 28.0 Å². The van der Waals surface area contributed by atoms with E-state index in [2.05, 4.69) is 31.9 Å². The Morgan fingerprint density at radius 2 is 2.06 bits per heavy atom. The summed E-state index contributed by atoms with van der Waals surface area (Å²) >= 11 is 3.43. The lowest BCUT2D eigenvalue weighted by molar-refractivity contribution is 0.409. The van der Waals surface area contributed by atoms with E-state index in [1.807, 2.05) is 37.5 Å². The third-order valence-corrected chi connectivity index (χ3v) is 3.16. The summed E-state index contributed by atoms with van der Waals surface area (Å²) in [5.41, 5.74) is 2.22. The number of rotatable bonds is 4. The zero-order chi connectivity index (χ0) is 13.0. The lowest BCUT2D eigenvalue weighted by atomic mass is 10.2. The first kappa shape index (κ1) is 12.9. The second kappa shape index (κ2) is 5.87. The normalized spacial score (nSPS) is 10.2. The second-order valence-electron chi connectivity index (χ2n) is 4.03. The summed E-state index contributed by atoms with van der Waals surface area (Å²) in [5, 5.41) is 0. The van der Waals surface area contributed by atoms with Gasteiger partial charge in [0.1, 0.15) is 5.75 Å². The molecule has 2 rings (SSSR count). The van der Waals surface area contributed by atoms with Crippen molar-refractivity contribution in [1.29, 1.82) is 0 Å². The molecule has 0 radical (unpaired) electrons. The molecule has 94 valence electrons. The number of hydrogen-bond donors (Lipinski definition) is 0. The van der Waals surface area contributed by atoms with Crippen LogP contribution in [0, 0.1) is 0 Å². The summed E-state index contributed by atoms with van der Waals surface area (Å²) in [6, 6.07) is 10.1. The zero-order valence-electron chi connectivity index (χ0n) is 10.4. The average Bonchev–Trinajstić information content (AvgIpc) is 2.39. The topological polar surface area (TPSA) is 25.4 Å². The minimum absolute atomic E-state index is 0.780. The van der Waals surface area contributed by atoms with Gasteiger partial charge in [-0.15, -0.1) is 0 Å². The van der Waals surface area contributed by atoms with Crippen molar-refractivity contribution in [2.75, 3.05) is 19.1 Å². The number of anilines is 1. The Morgan fingerprint density at radius 3 is 2.78 bits per heavy atom. The van der Waals surface area contributed by atoms with Gasteiger partial charge in [0.05, 0.1) is 19.0 Å². The van der Waals surface area contributed by atoms with Gasteiger partial charge in [-0.1, -0.05) is 18.2 Å². The molecule has 0 atom stereocenters. The van der Waals surface area contributed by atoms with Crippen molar-refractivity contribution in [2.24, 2.45) is 0 Å². The number of ether oxygens (including phenoxy) is 1. The standard InChI is InChI=1S/C14H15BrN2O/c1-17(13-7-12(15)8-16-9-13)10-11-5-3-4-6-14(11)18-2/h3-9H,10H2,1-2H3. The smallest absolute Gasteiger partial charge is 0.123 e. The number of para-hydroxylation sites is 1. The molecule has 18 heavy (non-hydrogen) atoms. The van der Waals surface area contributed by atoms with Gasteiger partial charge in [-0.2, -0.15) is 0 Å². The summed E-state index contributed by atoms with van der Waals surface area (Å²) in [4.78, 5) is 6.30. The Labute approximate surface area is 116 Å². The van der Waals surface area contributed by atoms with Crippen LogP contribution in [-0.4, -0.2) is 19.1 Å². The highest BCUT2D eigenvalue weighted by molar-refractivity contribution is 9.10. The summed E-state index contributed by atoms with van der Waals surface area (Å²) in [6.45, 7) is 0.780. The van der Waals surface area contributed by atoms with Gasteiger partial charge in [-0.25, -0.2) is 0 Å². The summed E-state index contributed by atoms with van der Waals surface area (Å²) in [6.07, 6.45) is 3.63. The van der Waals surface area contributed by atoms with E-state index in [1.54, 1.807) is 13.3 Å². The fraction of sp³-hybridized carbons (Fsp3) is 0.214. The minimum atomic E-state index is 0.780. The molecule has 0 saturated heterocycles. The first-order valence-electron chi connectivity index (χ1n) is 5.64. The third-order valence-electron chi connectivity index (χ3n) is 2.73. The Hall–Kier alpha value is -1.55. The highest BCUT2D eigenvalue weighted by Crippen LogP contribution is 2.23. The number of halogens is 1. The highest BCUT2D eigenvalue weighted by atomic mass is 79.9. The predicted octanol–water partition coefficient (Wildman–Crippen LogP) is 3.49. The monoisotopic (exact) mass is 306 g/mol. The molecule has 0 aliphatic rings.